The van der Waals surface area contributed by atoms with E-state index in [1.165, 1.54) is 5.69 Å². The maximum absolute atomic E-state index is 13.2. The smallest absolute Gasteiger partial charge is 0.214 e. The summed E-state index contributed by atoms with van der Waals surface area (Å²) in [6.45, 7) is 6.02. The predicted octanol–water partition coefficient (Wildman–Crippen LogP) is 4.02. The molecule has 192 valence electrons. The van der Waals surface area contributed by atoms with E-state index in [1.54, 1.807) is 10.5 Å². The molecule has 0 amide bonds. The molecule has 8 nitrogen and oxygen atoms in total. The largest absolute Gasteiger partial charge is 0.377 e. The van der Waals surface area contributed by atoms with Gasteiger partial charge in [-0.05, 0) is 68.1 Å². The molecule has 0 bridgehead atoms. The molecule has 4 rings (SSSR count). The van der Waals surface area contributed by atoms with Crippen LogP contribution in [-0.4, -0.2) is 61.0 Å². The first kappa shape index (κ1) is 25.9. The Hall–Kier alpha value is -2.15. The third-order valence-electron chi connectivity index (χ3n) is 7.34. The number of nitrogens with zero attached hydrogens (tertiary/aromatic N) is 4. The van der Waals surface area contributed by atoms with Crippen LogP contribution in [0.3, 0.4) is 0 Å². The fourth-order valence-corrected chi connectivity index (χ4v) is 7.47. The maximum atomic E-state index is 13.2. The van der Waals surface area contributed by atoms with Gasteiger partial charge in [0.15, 0.2) is 5.65 Å². The Bertz CT molecular complexity index is 1150. The second-order valence-corrected chi connectivity index (χ2v) is 12.6. The van der Waals surface area contributed by atoms with E-state index in [2.05, 4.69) is 36.4 Å². The average Bonchev–Trinajstić information content (AvgIpc) is 3.21. The fourth-order valence-electron chi connectivity index (χ4n) is 5.53. The monoisotopic (exact) mass is 501 g/mol. The summed E-state index contributed by atoms with van der Waals surface area (Å²) in [6.07, 6.45) is 7.68. The quantitative estimate of drug-likeness (QED) is 0.557. The van der Waals surface area contributed by atoms with Crippen molar-refractivity contribution in [3.63, 3.8) is 0 Å². The molecule has 9 heteroatoms. The molecule has 1 atom stereocenters. The van der Waals surface area contributed by atoms with Gasteiger partial charge in [-0.1, -0.05) is 13.8 Å². The van der Waals surface area contributed by atoms with Crippen LogP contribution >= 0.6 is 0 Å². The molecule has 0 spiro atoms. The van der Waals surface area contributed by atoms with Crippen molar-refractivity contribution in [1.29, 1.82) is 5.26 Å². The maximum Gasteiger partial charge on any atom is 0.214 e. The van der Waals surface area contributed by atoms with Gasteiger partial charge in [0.1, 0.15) is 0 Å². The van der Waals surface area contributed by atoms with E-state index in [9.17, 15) is 8.42 Å². The Kier molecular flexibility index (Phi) is 8.35. The highest BCUT2D eigenvalue weighted by molar-refractivity contribution is 7.89. The summed E-state index contributed by atoms with van der Waals surface area (Å²) in [5, 5.41) is 10.0. The number of piperidine rings is 1. The molecule has 1 unspecified atom stereocenters. The molecule has 2 aromatic rings. The van der Waals surface area contributed by atoms with Gasteiger partial charge in [0.2, 0.25) is 10.0 Å². The van der Waals surface area contributed by atoms with Crippen molar-refractivity contribution < 1.29 is 13.2 Å². The van der Waals surface area contributed by atoms with Gasteiger partial charge >= 0.3 is 0 Å². The molecular formula is C26H39N5O3S. The van der Waals surface area contributed by atoms with Crippen LogP contribution in [-0.2, 0) is 21.2 Å². The highest BCUT2D eigenvalue weighted by atomic mass is 32.2. The minimum absolute atomic E-state index is 0.0161. The first-order valence-corrected chi connectivity index (χ1v) is 14.6. The van der Waals surface area contributed by atoms with Gasteiger partial charge in [-0.3, -0.25) is 0 Å². The fraction of sp³-hybridized carbons (Fsp3) is 0.692. The van der Waals surface area contributed by atoms with E-state index < -0.39 is 10.0 Å². The van der Waals surface area contributed by atoms with Crippen molar-refractivity contribution in [2.45, 2.75) is 70.8 Å². The highest BCUT2D eigenvalue weighted by Crippen LogP contribution is 2.38. The Balaban J connectivity index is 1.37. The van der Waals surface area contributed by atoms with Crippen molar-refractivity contribution in [3.8, 4) is 6.07 Å². The Labute approximate surface area is 209 Å². The van der Waals surface area contributed by atoms with Gasteiger partial charge < -0.3 is 10.2 Å². The summed E-state index contributed by atoms with van der Waals surface area (Å²) in [7, 11) is -1.39. The first-order valence-electron chi connectivity index (χ1n) is 12.9. The van der Waals surface area contributed by atoms with E-state index in [-0.39, 0.29) is 17.8 Å². The highest BCUT2D eigenvalue weighted by Gasteiger charge is 2.34. The zero-order valence-corrected chi connectivity index (χ0v) is 22.1. The molecule has 1 saturated carbocycles. The third kappa shape index (κ3) is 6.16. The third-order valence-corrected chi connectivity index (χ3v) is 9.35. The summed E-state index contributed by atoms with van der Waals surface area (Å²) in [5.41, 5.74) is 6.23. The number of aromatic nitrogens is 2. The Morgan fingerprint density at radius 3 is 2.69 bits per heavy atom. The van der Waals surface area contributed by atoms with Crippen molar-refractivity contribution in [3.05, 3.63) is 29.6 Å². The summed E-state index contributed by atoms with van der Waals surface area (Å²) in [6, 6.07) is 6.40. The number of hydrogen-bond donors (Lipinski definition) is 1. The summed E-state index contributed by atoms with van der Waals surface area (Å²) >= 11 is 0. The van der Waals surface area contributed by atoms with Crippen LogP contribution in [0.4, 0.5) is 0 Å². The second-order valence-electron chi connectivity index (χ2n) is 10.6. The number of nitriles is 1. The number of pyridine rings is 1. The molecular weight excluding hydrogens is 462 g/mol. The molecule has 35 heavy (non-hydrogen) atoms. The Morgan fingerprint density at radius 1 is 1.23 bits per heavy atom. The normalized spacial score (nSPS) is 24.0. The summed E-state index contributed by atoms with van der Waals surface area (Å²) in [4.78, 5) is 4.58. The molecule has 1 saturated heterocycles. The predicted molar refractivity (Wildman–Crippen MR) is 138 cm³/mol. The van der Waals surface area contributed by atoms with Crippen LogP contribution in [0.2, 0.25) is 0 Å². The van der Waals surface area contributed by atoms with Crippen LogP contribution < -0.4 is 5.43 Å². The van der Waals surface area contributed by atoms with E-state index in [4.69, 9.17) is 10.00 Å². The molecule has 0 aromatic carbocycles. The van der Waals surface area contributed by atoms with E-state index in [0.717, 1.165) is 55.1 Å². The number of ether oxygens (including phenoxy) is 1. The van der Waals surface area contributed by atoms with Crippen molar-refractivity contribution in [2.24, 2.45) is 11.8 Å². The summed E-state index contributed by atoms with van der Waals surface area (Å²) < 4.78 is 36.1. The van der Waals surface area contributed by atoms with Gasteiger partial charge in [0.25, 0.3) is 0 Å². The van der Waals surface area contributed by atoms with Gasteiger partial charge in [-0.2, -0.15) is 9.57 Å². The topological polar surface area (TPSA) is 100 Å². The molecule has 1 aliphatic heterocycles. The van der Waals surface area contributed by atoms with Crippen molar-refractivity contribution in [2.75, 3.05) is 37.9 Å². The SMILES string of the molecule is CNn1c(C2CCC(CS(=O)(=O)N3CCCC(OCC(C)C)C3)CC2)cc2cc(CC#N)cnc21. The molecule has 1 aliphatic carbocycles. The van der Waals surface area contributed by atoms with Gasteiger partial charge in [0.05, 0.1) is 24.3 Å². The minimum atomic E-state index is -3.28. The lowest BCUT2D eigenvalue weighted by Crippen LogP contribution is -2.45. The van der Waals surface area contributed by atoms with Gasteiger partial charge in [-0.25, -0.2) is 18.1 Å². The number of hydrogen-bond acceptors (Lipinski definition) is 6. The number of fused-ring (bicyclic) bond motifs is 1. The van der Waals surface area contributed by atoms with Crippen LogP contribution in [0, 0.1) is 23.2 Å². The van der Waals surface area contributed by atoms with Crippen molar-refractivity contribution >= 4 is 21.1 Å². The van der Waals surface area contributed by atoms with Crippen LogP contribution in [0.15, 0.2) is 18.3 Å². The van der Waals surface area contributed by atoms with Crippen LogP contribution in [0.1, 0.15) is 69.5 Å². The van der Waals surface area contributed by atoms with E-state index in [1.807, 2.05) is 17.8 Å². The number of rotatable bonds is 9. The zero-order chi connectivity index (χ0) is 25.0. The Morgan fingerprint density at radius 2 is 2.00 bits per heavy atom. The number of nitrogens with one attached hydrogen (secondary N) is 1. The molecule has 3 heterocycles. The van der Waals surface area contributed by atoms with Crippen molar-refractivity contribution in [1.82, 2.24) is 14.0 Å². The zero-order valence-electron chi connectivity index (χ0n) is 21.2. The second kappa shape index (κ2) is 11.3. The summed E-state index contributed by atoms with van der Waals surface area (Å²) in [5.74, 6) is 1.25. The van der Waals surface area contributed by atoms with Crippen LogP contribution in [0.25, 0.3) is 11.0 Å². The molecule has 2 aromatic heterocycles. The van der Waals surface area contributed by atoms with Crippen LogP contribution in [0.5, 0.6) is 0 Å². The lowest BCUT2D eigenvalue weighted by molar-refractivity contribution is 0.00547. The standard InChI is InChI=1S/C26H39N5O3S/c1-19(2)17-34-24-5-4-12-30(16-24)35(32,33)18-20-6-8-22(9-7-20)25-14-23-13-21(10-11-27)15-29-26(23)31(25)28-3/h13-15,19-20,22,24,28H,4-10,12,16-18H2,1-3H3. The molecule has 0 radical (unpaired) electrons. The number of sulfonamides is 1. The molecule has 1 N–H and O–H groups in total. The average molecular weight is 502 g/mol. The lowest BCUT2D eigenvalue weighted by atomic mass is 9.81. The van der Waals surface area contributed by atoms with E-state index >= 15 is 0 Å². The minimum Gasteiger partial charge on any atom is -0.377 e. The first-order chi connectivity index (χ1) is 16.8. The molecule has 2 aliphatic rings. The van der Waals surface area contributed by atoms with Gasteiger partial charge in [0, 0.05) is 49.9 Å². The molecule has 2 fully saturated rings. The van der Waals surface area contributed by atoms with E-state index in [0.29, 0.717) is 38.0 Å². The van der Waals surface area contributed by atoms with Gasteiger partial charge in [-0.15, -0.1) is 0 Å². The lowest BCUT2D eigenvalue weighted by Gasteiger charge is -2.34.